The van der Waals surface area contributed by atoms with Gasteiger partial charge in [0.2, 0.25) is 11.8 Å². The quantitative estimate of drug-likeness (QED) is 0.406. The predicted octanol–water partition coefficient (Wildman–Crippen LogP) is 4.49. The number of aromatic nitrogens is 3. The molecule has 0 radical (unpaired) electrons. The third-order valence-electron chi connectivity index (χ3n) is 5.98. The number of amides is 2. The molecule has 192 valence electrons. The lowest BCUT2D eigenvalue weighted by molar-refractivity contribution is -0.128. The van der Waals surface area contributed by atoms with Crippen molar-refractivity contribution in [2.75, 3.05) is 23.9 Å². The molecule has 0 unspecified atom stereocenters. The maximum absolute atomic E-state index is 14.1. The summed E-state index contributed by atoms with van der Waals surface area (Å²) < 4.78 is 1.58. The van der Waals surface area contributed by atoms with Crippen molar-refractivity contribution in [2.45, 2.75) is 45.8 Å². The van der Waals surface area contributed by atoms with E-state index in [0.717, 1.165) is 16.8 Å². The Labute approximate surface area is 217 Å². The zero-order valence-corrected chi connectivity index (χ0v) is 22.3. The van der Waals surface area contributed by atoms with Gasteiger partial charge in [0.15, 0.2) is 0 Å². The Balaban J connectivity index is 1.82. The van der Waals surface area contributed by atoms with Crippen LogP contribution in [-0.4, -0.2) is 46.4 Å². The van der Waals surface area contributed by atoms with E-state index in [4.69, 9.17) is 0 Å². The van der Waals surface area contributed by atoms with E-state index < -0.39 is 11.6 Å². The molecule has 4 aromatic rings. The highest BCUT2D eigenvalue weighted by atomic mass is 16.2. The number of para-hydroxylation sites is 1. The summed E-state index contributed by atoms with van der Waals surface area (Å²) in [6, 6.07) is 22.0. The highest BCUT2D eigenvalue weighted by molar-refractivity contribution is 6.01. The van der Waals surface area contributed by atoms with Crippen LogP contribution in [0.1, 0.15) is 37.9 Å². The zero-order valence-electron chi connectivity index (χ0n) is 22.3. The molecule has 1 heterocycles. The molecule has 8 heteroatoms. The van der Waals surface area contributed by atoms with Crippen molar-refractivity contribution in [3.8, 4) is 0 Å². The lowest BCUT2D eigenvalue weighted by Crippen LogP contribution is -2.50. The number of carbonyl (C=O) groups excluding carboxylic acids is 2. The molecule has 0 saturated carbocycles. The number of hydrogen-bond donors (Lipinski definition) is 1. The Hall–Kier alpha value is -4.20. The number of rotatable bonds is 7. The summed E-state index contributed by atoms with van der Waals surface area (Å²) in [7, 11) is 3.92. The number of hydrogen-bond acceptors (Lipinski definition) is 5. The maximum atomic E-state index is 14.1. The van der Waals surface area contributed by atoms with Crippen molar-refractivity contribution in [2.24, 2.45) is 0 Å². The minimum atomic E-state index is -0.889. The van der Waals surface area contributed by atoms with Gasteiger partial charge in [0.25, 0.3) is 0 Å². The van der Waals surface area contributed by atoms with Crippen LogP contribution in [0, 0.1) is 6.92 Å². The van der Waals surface area contributed by atoms with Crippen LogP contribution in [0.5, 0.6) is 0 Å². The van der Waals surface area contributed by atoms with Gasteiger partial charge in [-0.3, -0.25) is 14.5 Å². The molecule has 2 amide bonds. The highest BCUT2D eigenvalue weighted by Crippen LogP contribution is 2.31. The number of fused-ring (bicyclic) bond motifs is 1. The van der Waals surface area contributed by atoms with Gasteiger partial charge in [0, 0.05) is 31.0 Å². The third-order valence-corrected chi connectivity index (χ3v) is 5.98. The van der Waals surface area contributed by atoms with E-state index >= 15 is 0 Å². The number of benzene rings is 3. The predicted molar refractivity (Wildman–Crippen MR) is 148 cm³/mol. The van der Waals surface area contributed by atoms with Crippen molar-refractivity contribution in [3.05, 3.63) is 83.9 Å². The number of anilines is 2. The van der Waals surface area contributed by atoms with Crippen molar-refractivity contribution in [3.63, 3.8) is 0 Å². The van der Waals surface area contributed by atoms with Crippen LogP contribution in [0.3, 0.4) is 0 Å². The minimum absolute atomic E-state index is 0.0659. The average Bonchev–Trinajstić information content (AvgIpc) is 3.24. The van der Waals surface area contributed by atoms with Gasteiger partial charge in [0.05, 0.1) is 5.52 Å². The number of nitrogens with one attached hydrogen (secondary N) is 1. The molecule has 0 fully saturated rings. The van der Waals surface area contributed by atoms with Crippen molar-refractivity contribution in [1.82, 2.24) is 20.3 Å². The summed E-state index contributed by atoms with van der Waals surface area (Å²) in [5.41, 5.74) is 4.32. The van der Waals surface area contributed by atoms with Gasteiger partial charge in [-0.05, 0) is 75.2 Å². The fourth-order valence-corrected chi connectivity index (χ4v) is 4.26. The monoisotopic (exact) mass is 498 g/mol. The summed E-state index contributed by atoms with van der Waals surface area (Å²) in [6.45, 7) is 7.68. The fraction of sp³-hybridized carbons (Fsp3) is 0.310. The maximum Gasteiger partial charge on any atom is 0.249 e. The molecule has 0 saturated heterocycles. The summed E-state index contributed by atoms with van der Waals surface area (Å²) in [6.07, 6.45) is 0. The number of nitrogens with zero attached hydrogens (tertiary/aromatic N) is 5. The molecule has 37 heavy (non-hydrogen) atoms. The topological polar surface area (TPSA) is 83.4 Å². The lowest BCUT2D eigenvalue weighted by Gasteiger charge is -2.34. The Bertz CT molecular complexity index is 1400. The van der Waals surface area contributed by atoms with E-state index in [2.05, 4.69) is 15.6 Å². The van der Waals surface area contributed by atoms with Crippen molar-refractivity contribution in [1.29, 1.82) is 0 Å². The smallest absolute Gasteiger partial charge is 0.249 e. The van der Waals surface area contributed by atoms with E-state index in [1.165, 1.54) is 0 Å². The Morgan fingerprint density at radius 3 is 2.30 bits per heavy atom. The summed E-state index contributed by atoms with van der Waals surface area (Å²) in [4.78, 5) is 31.5. The SMILES string of the molecule is Cc1cccc(N(C(=O)Cn2nnc3ccccc32)[C@@H](C(=O)NC(C)(C)C)c2ccc(N(C)C)cc2)c1. The average molecular weight is 499 g/mol. The van der Waals surface area contributed by atoms with E-state index in [1.807, 2.05) is 119 Å². The van der Waals surface area contributed by atoms with Crippen LogP contribution in [0.15, 0.2) is 72.8 Å². The second-order valence-electron chi connectivity index (χ2n) is 10.5. The van der Waals surface area contributed by atoms with Crippen LogP contribution >= 0.6 is 0 Å². The molecule has 1 atom stereocenters. The Kier molecular flexibility index (Phi) is 7.29. The second kappa shape index (κ2) is 10.4. The van der Waals surface area contributed by atoms with E-state index in [9.17, 15) is 9.59 Å². The molecule has 0 bridgehead atoms. The van der Waals surface area contributed by atoms with E-state index in [1.54, 1.807) is 9.58 Å². The Morgan fingerprint density at radius 2 is 1.65 bits per heavy atom. The van der Waals surface area contributed by atoms with Crippen molar-refractivity contribution < 1.29 is 9.59 Å². The molecule has 3 aromatic carbocycles. The number of carbonyl (C=O) groups is 2. The standard InChI is InChI=1S/C29H34N6O2/c1-20-10-9-11-23(18-20)35(26(36)19-34-25-13-8-7-12-24(25)31-32-34)27(28(37)30-29(2,3)4)21-14-16-22(17-15-21)33(5)6/h7-18,27H,19H2,1-6H3,(H,30,37)/t27-/m1/s1. The van der Waals surface area contributed by atoms with Gasteiger partial charge >= 0.3 is 0 Å². The van der Waals surface area contributed by atoms with Crippen LogP contribution in [0.2, 0.25) is 0 Å². The van der Waals surface area contributed by atoms with Gasteiger partial charge in [-0.1, -0.05) is 41.6 Å². The molecule has 4 rings (SSSR count). The normalized spacial score (nSPS) is 12.3. The molecule has 0 aliphatic heterocycles. The van der Waals surface area contributed by atoms with Gasteiger partial charge in [0.1, 0.15) is 18.1 Å². The minimum Gasteiger partial charge on any atom is -0.378 e. The summed E-state index contributed by atoms with van der Waals surface area (Å²) >= 11 is 0. The van der Waals surface area contributed by atoms with Crippen LogP contribution in [-0.2, 0) is 16.1 Å². The van der Waals surface area contributed by atoms with Crippen LogP contribution in [0.25, 0.3) is 11.0 Å². The number of aryl methyl sites for hydroxylation is 1. The molecule has 0 aliphatic rings. The molecular weight excluding hydrogens is 464 g/mol. The van der Waals surface area contributed by atoms with Gasteiger partial charge in [-0.2, -0.15) is 0 Å². The van der Waals surface area contributed by atoms with Crippen molar-refractivity contribution >= 4 is 34.2 Å². The van der Waals surface area contributed by atoms with Crippen LogP contribution < -0.4 is 15.1 Å². The molecule has 0 spiro atoms. The first-order valence-electron chi connectivity index (χ1n) is 12.3. The first-order valence-corrected chi connectivity index (χ1v) is 12.3. The molecule has 1 aromatic heterocycles. The first-order chi connectivity index (χ1) is 17.5. The third kappa shape index (κ3) is 5.97. The summed E-state index contributed by atoms with van der Waals surface area (Å²) in [5.74, 6) is -0.532. The fourth-order valence-electron chi connectivity index (χ4n) is 4.26. The van der Waals surface area contributed by atoms with Crippen LogP contribution in [0.4, 0.5) is 11.4 Å². The molecular formula is C29H34N6O2. The molecule has 0 aliphatic carbocycles. The second-order valence-corrected chi connectivity index (χ2v) is 10.5. The highest BCUT2D eigenvalue weighted by Gasteiger charge is 2.35. The summed E-state index contributed by atoms with van der Waals surface area (Å²) in [5, 5.41) is 11.5. The lowest BCUT2D eigenvalue weighted by atomic mass is 10.00. The van der Waals surface area contributed by atoms with E-state index in [0.29, 0.717) is 16.8 Å². The zero-order chi connectivity index (χ0) is 26.7. The van der Waals surface area contributed by atoms with E-state index in [-0.39, 0.29) is 18.4 Å². The van der Waals surface area contributed by atoms with Gasteiger partial charge in [-0.25, -0.2) is 4.68 Å². The van der Waals surface area contributed by atoms with Gasteiger partial charge in [-0.15, -0.1) is 5.10 Å². The first kappa shape index (κ1) is 25.9. The molecule has 1 N–H and O–H groups in total. The molecule has 8 nitrogen and oxygen atoms in total. The largest absolute Gasteiger partial charge is 0.378 e. The van der Waals surface area contributed by atoms with Gasteiger partial charge < -0.3 is 10.2 Å². The Morgan fingerprint density at radius 1 is 0.946 bits per heavy atom.